The SMILES string of the molecule is CNC(c1cc(C)ccc1F)C1(N(C)C)CCCC(C)C1. The van der Waals surface area contributed by atoms with Gasteiger partial charge in [-0.15, -0.1) is 0 Å². The Morgan fingerprint density at radius 1 is 1.38 bits per heavy atom. The summed E-state index contributed by atoms with van der Waals surface area (Å²) in [4.78, 5) is 2.31. The lowest BCUT2D eigenvalue weighted by molar-refractivity contribution is 0.0381. The molecule has 3 heteroatoms. The Kier molecular flexibility index (Phi) is 5.05. The molecule has 1 saturated carbocycles. The predicted molar refractivity (Wildman–Crippen MR) is 87.0 cm³/mol. The molecule has 2 nitrogen and oxygen atoms in total. The molecule has 0 heterocycles. The highest BCUT2D eigenvalue weighted by molar-refractivity contribution is 5.30. The van der Waals surface area contributed by atoms with E-state index in [1.54, 1.807) is 6.07 Å². The molecule has 0 bridgehead atoms. The zero-order valence-corrected chi connectivity index (χ0v) is 14.0. The molecule has 118 valence electrons. The van der Waals surface area contributed by atoms with Crippen LogP contribution in [0.1, 0.15) is 49.8 Å². The number of hydrogen-bond acceptors (Lipinski definition) is 2. The van der Waals surface area contributed by atoms with Crippen LogP contribution < -0.4 is 5.32 Å². The topological polar surface area (TPSA) is 15.3 Å². The lowest BCUT2D eigenvalue weighted by atomic mass is 9.69. The number of benzene rings is 1. The quantitative estimate of drug-likeness (QED) is 0.905. The Labute approximate surface area is 128 Å². The van der Waals surface area contributed by atoms with E-state index in [1.807, 2.05) is 26.1 Å². The van der Waals surface area contributed by atoms with Crippen molar-refractivity contribution < 1.29 is 4.39 Å². The molecular formula is C18H29FN2. The van der Waals surface area contributed by atoms with E-state index < -0.39 is 0 Å². The fourth-order valence-electron chi connectivity index (χ4n) is 4.09. The predicted octanol–water partition coefficient (Wildman–Crippen LogP) is 3.91. The molecule has 1 N–H and O–H groups in total. The van der Waals surface area contributed by atoms with E-state index in [9.17, 15) is 4.39 Å². The first kappa shape index (κ1) is 16.4. The maximum atomic E-state index is 14.4. The Balaban J connectivity index is 2.47. The van der Waals surface area contributed by atoms with Crippen molar-refractivity contribution in [3.8, 4) is 0 Å². The van der Waals surface area contributed by atoms with Gasteiger partial charge in [0.1, 0.15) is 5.82 Å². The van der Waals surface area contributed by atoms with Gasteiger partial charge in [-0.2, -0.15) is 0 Å². The van der Waals surface area contributed by atoms with Gasteiger partial charge in [-0.05, 0) is 52.9 Å². The minimum Gasteiger partial charge on any atom is -0.311 e. The Hall–Kier alpha value is -0.930. The van der Waals surface area contributed by atoms with Crippen molar-refractivity contribution in [1.29, 1.82) is 0 Å². The smallest absolute Gasteiger partial charge is 0.128 e. The monoisotopic (exact) mass is 292 g/mol. The summed E-state index contributed by atoms with van der Waals surface area (Å²) in [5.41, 5.74) is 1.91. The molecule has 0 spiro atoms. The molecule has 21 heavy (non-hydrogen) atoms. The molecule has 1 aromatic carbocycles. The third kappa shape index (κ3) is 3.14. The zero-order valence-electron chi connectivity index (χ0n) is 14.0. The van der Waals surface area contributed by atoms with Gasteiger partial charge in [0, 0.05) is 11.1 Å². The molecule has 1 aromatic rings. The van der Waals surface area contributed by atoms with Crippen molar-refractivity contribution in [2.24, 2.45) is 5.92 Å². The molecule has 0 radical (unpaired) electrons. The van der Waals surface area contributed by atoms with Crippen LogP contribution in [0.5, 0.6) is 0 Å². The van der Waals surface area contributed by atoms with Crippen LogP contribution >= 0.6 is 0 Å². The highest BCUT2D eigenvalue weighted by Crippen LogP contribution is 2.44. The molecule has 0 saturated heterocycles. The fraction of sp³-hybridized carbons (Fsp3) is 0.667. The van der Waals surface area contributed by atoms with Crippen molar-refractivity contribution in [3.63, 3.8) is 0 Å². The van der Waals surface area contributed by atoms with Gasteiger partial charge in [0.15, 0.2) is 0 Å². The first-order valence-corrected chi connectivity index (χ1v) is 8.01. The minimum absolute atomic E-state index is 0.0128. The van der Waals surface area contributed by atoms with Crippen molar-refractivity contribution >= 4 is 0 Å². The molecular weight excluding hydrogens is 263 g/mol. The Morgan fingerprint density at radius 3 is 2.67 bits per heavy atom. The van der Waals surface area contributed by atoms with E-state index in [0.717, 1.165) is 24.0 Å². The number of nitrogens with zero attached hydrogens (tertiary/aromatic N) is 1. The highest BCUT2D eigenvalue weighted by Gasteiger charge is 2.44. The van der Waals surface area contributed by atoms with Gasteiger partial charge >= 0.3 is 0 Å². The number of likely N-dealkylation sites (N-methyl/N-ethyl adjacent to an activating group) is 2. The van der Waals surface area contributed by atoms with E-state index in [-0.39, 0.29) is 17.4 Å². The first-order chi connectivity index (χ1) is 9.90. The molecule has 1 aliphatic rings. The Morgan fingerprint density at radius 2 is 2.10 bits per heavy atom. The van der Waals surface area contributed by atoms with Crippen LogP contribution in [0.4, 0.5) is 4.39 Å². The minimum atomic E-state index is -0.0978. The molecule has 3 atom stereocenters. The maximum Gasteiger partial charge on any atom is 0.128 e. The number of hydrogen-bond donors (Lipinski definition) is 1. The third-order valence-corrected chi connectivity index (χ3v) is 5.19. The lowest BCUT2D eigenvalue weighted by Crippen LogP contribution is -2.55. The largest absolute Gasteiger partial charge is 0.311 e. The second kappa shape index (κ2) is 6.45. The molecule has 3 unspecified atom stereocenters. The van der Waals surface area contributed by atoms with Crippen LogP contribution in [0.3, 0.4) is 0 Å². The summed E-state index contributed by atoms with van der Waals surface area (Å²) in [5, 5.41) is 3.42. The van der Waals surface area contributed by atoms with Gasteiger partial charge in [0.05, 0.1) is 6.04 Å². The van der Waals surface area contributed by atoms with Crippen molar-refractivity contribution in [2.75, 3.05) is 21.1 Å². The first-order valence-electron chi connectivity index (χ1n) is 8.01. The van der Waals surface area contributed by atoms with Crippen LogP contribution in [0.25, 0.3) is 0 Å². The van der Waals surface area contributed by atoms with E-state index in [0.29, 0.717) is 5.92 Å². The second-order valence-electron chi connectivity index (χ2n) is 6.95. The summed E-state index contributed by atoms with van der Waals surface area (Å²) < 4.78 is 14.4. The molecule has 0 aromatic heterocycles. The normalized spacial score (nSPS) is 27.9. The molecule has 0 amide bonds. The summed E-state index contributed by atoms with van der Waals surface area (Å²) in [6, 6.07) is 5.47. The van der Waals surface area contributed by atoms with Crippen molar-refractivity contribution in [1.82, 2.24) is 10.2 Å². The average Bonchev–Trinajstić information content (AvgIpc) is 2.43. The van der Waals surface area contributed by atoms with Gasteiger partial charge in [-0.3, -0.25) is 0 Å². The van der Waals surface area contributed by atoms with Gasteiger partial charge in [-0.25, -0.2) is 4.39 Å². The molecule has 2 rings (SSSR count). The summed E-state index contributed by atoms with van der Waals surface area (Å²) >= 11 is 0. The van der Waals surface area contributed by atoms with Crippen LogP contribution in [0.15, 0.2) is 18.2 Å². The van der Waals surface area contributed by atoms with Crippen LogP contribution in [-0.2, 0) is 0 Å². The van der Waals surface area contributed by atoms with Gasteiger partial charge in [-0.1, -0.05) is 37.5 Å². The highest BCUT2D eigenvalue weighted by atomic mass is 19.1. The lowest BCUT2D eigenvalue weighted by Gasteiger charge is -2.50. The van der Waals surface area contributed by atoms with Crippen LogP contribution in [-0.4, -0.2) is 31.6 Å². The van der Waals surface area contributed by atoms with Gasteiger partial charge < -0.3 is 10.2 Å². The second-order valence-corrected chi connectivity index (χ2v) is 6.95. The summed E-state index contributed by atoms with van der Waals surface area (Å²) in [6.45, 7) is 4.35. The van der Waals surface area contributed by atoms with E-state index >= 15 is 0 Å². The van der Waals surface area contributed by atoms with E-state index in [4.69, 9.17) is 0 Å². The molecule has 1 fully saturated rings. The van der Waals surface area contributed by atoms with Gasteiger partial charge in [0.2, 0.25) is 0 Å². The number of aryl methyl sites for hydroxylation is 1. The van der Waals surface area contributed by atoms with Gasteiger partial charge in [0.25, 0.3) is 0 Å². The summed E-state index contributed by atoms with van der Waals surface area (Å²) in [6.07, 6.45) is 4.72. The average molecular weight is 292 g/mol. The fourth-order valence-corrected chi connectivity index (χ4v) is 4.09. The summed E-state index contributed by atoms with van der Waals surface area (Å²) in [5.74, 6) is 0.587. The van der Waals surface area contributed by atoms with Crippen LogP contribution in [0.2, 0.25) is 0 Å². The number of halogens is 1. The molecule has 0 aliphatic heterocycles. The number of nitrogens with one attached hydrogen (secondary N) is 1. The maximum absolute atomic E-state index is 14.4. The summed E-state index contributed by atoms with van der Waals surface area (Å²) in [7, 11) is 6.23. The standard InChI is InChI=1S/C18H29FN2/c1-13-8-9-16(19)15(11-13)17(20-3)18(21(4)5)10-6-7-14(2)12-18/h8-9,11,14,17,20H,6-7,10,12H2,1-5H3. The van der Waals surface area contributed by atoms with E-state index in [2.05, 4.69) is 31.2 Å². The van der Waals surface area contributed by atoms with Crippen molar-refractivity contribution in [3.05, 3.63) is 35.1 Å². The number of rotatable bonds is 4. The molecule has 1 aliphatic carbocycles. The van der Waals surface area contributed by atoms with Crippen LogP contribution in [0, 0.1) is 18.7 Å². The van der Waals surface area contributed by atoms with Crippen molar-refractivity contribution in [2.45, 2.75) is 51.1 Å². The zero-order chi connectivity index (χ0) is 15.6. The Bertz CT molecular complexity index is 486. The third-order valence-electron chi connectivity index (χ3n) is 5.19. The van der Waals surface area contributed by atoms with E-state index in [1.165, 1.54) is 12.8 Å².